The van der Waals surface area contributed by atoms with Crippen molar-refractivity contribution in [1.82, 2.24) is 5.32 Å². The zero-order valence-electron chi connectivity index (χ0n) is 11.7. The van der Waals surface area contributed by atoms with E-state index in [0.717, 1.165) is 6.07 Å². The van der Waals surface area contributed by atoms with Crippen LogP contribution in [-0.4, -0.2) is 35.5 Å². The quantitative estimate of drug-likeness (QED) is 0.818. The van der Waals surface area contributed by atoms with Gasteiger partial charge < -0.3 is 15.3 Å². The van der Waals surface area contributed by atoms with E-state index in [-0.39, 0.29) is 5.02 Å². The van der Waals surface area contributed by atoms with Gasteiger partial charge >= 0.3 is 5.97 Å². The molecule has 1 fully saturated rings. The van der Waals surface area contributed by atoms with Gasteiger partial charge in [-0.1, -0.05) is 11.6 Å². The van der Waals surface area contributed by atoms with E-state index in [1.165, 1.54) is 24.0 Å². The number of rotatable bonds is 4. The van der Waals surface area contributed by atoms with Crippen molar-refractivity contribution in [1.29, 1.82) is 0 Å². The second-order valence-electron chi connectivity index (χ2n) is 5.00. The van der Waals surface area contributed by atoms with Crippen molar-refractivity contribution < 1.29 is 23.9 Å². The van der Waals surface area contributed by atoms with E-state index in [4.69, 9.17) is 16.7 Å². The predicted molar refractivity (Wildman–Crippen MR) is 77.1 cm³/mol. The Hall–Kier alpha value is -2.15. The highest BCUT2D eigenvalue weighted by Gasteiger charge is 2.35. The first-order valence-electron chi connectivity index (χ1n) is 6.61. The maximum Gasteiger partial charge on any atom is 0.315 e. The van der Waals surface area contributed by atoms with E-state index in [9.17, 15) is 18.8 Å². The fourth-order valence-electron chi connectivity index (χ4n) is 2.13. The number of aliphatic carboxylic acids is 1. The Morgan fingerprint density at radius 3 is 2.77 bits per heavy atom. The van der Waals surface area contributed by atoms with Gasteiger partial charge in [0.05, 0.1) is 5.02 Å². The van der Waals surface area contributed by atoms with Crippen LogP contribution in [0.2, 0.25) is 5.02 Å². The van der Waals surface area contributed by atoms with Gasteiger partial charge in [0.2, 0.25) is 11.8 Å². The molecule has 1 aromatic carbocycles. The lowest BCUT2D eigenvalue weighted by Gasteiger charge is -2.18. The summed E-state index contributed by atoms with van der Waals surface area (Å²) >= 11 is 5.59. The first-order chi connectivity index (χ1) is 10.3. The van der Waals surface area contributed by atoms with Crippen LogP contribution in [-0.2, 0) is 14.4 Å². The fraction of sp³-hybridized carbons (Fsp3) is 0.357. The second-order valence-corrected chi connectivity index (χ2v) is 5.41. The van der Waals surface area contributed by atoms with Crippen LogP contribution in [0.4, 0.5) is 10.1 Å². The third-order valence-corrected chi connectivity index (χ3v) is 3.81. The summed E-state index contributed by atoms with van der Waals surface area (Å²) in [6, 6.07) is 3.18. The molecule has 1 heterocycles. The van der Waals surface area contributed by atoms with Gasteiger partial charge in [-0.3, -0.25) is 14.4 Å². The molecule has 0 radical (unpaired) electrons. The van der Waals surface area contributed by atoms with Gasteiger partial charge in [-0.05, 0) is 31.5 Å². The molecular weight excluding hydrogens is 315 g/mol. The largest absolute Gasteiger partial charge is 0.481 e. The van der Waals surface area contributed by atoms with E-state index in [2.05, 4.69) is 5.32 Å². The minimum atomic E-state index is -1.26. The molecule has 1 aliphatic rings. The Morgan fingerprint density at radius 1 is 1.50 bits per heavy atom. The van der Waals surface area contributed by atoms with Crippen LogP contribution in [0.25, 0.3) is 0 Å². The van der Waals surface area contributed by atoms with Crippen LogP contribution in [0, 0.1) is 11.7 Å². The summed E-state index contributed by atoms with van der Waals surface area (Å²) in [6.07, 6.45) is 0.321. The van der Waals surface area contributed by atoms with Crippen LogP contribution in [0.1, 0.15) is 13.3 Å². The van der Waals surface area contributed by atoms with Gasteiger partial charge in [-0.25, -0.2) is 4.39 Å². The third kappa shape index (κ3) is 3.19. The monoisotopic (exact) mass is 328 g/mol. The molecule has 2 unspecified atom stereocenters. The molecule has 0 bridgehead atoms. The SMILES string of the molecule is CC(C(=O)O)C(=O)NC1CCN(c2ccc(Cl)c(F)c2)C1=O. The molecule has 0 spiro atoms. The first-order valence-corrected chi connectivity index (χ1v) is 6.98. The fourth-order valence-corrected chi connectivity index (χ4v) is 2.25. The molecule has 8 heteroatoms. The molecule has 2 rings (SSSR count). The molecule has 1 saturated heterocycles. The van der Waals surface area contributed by atoms with Gasteiger partial charge in [-0.2, -0.15) is 0 Å². The van der Waals surface area contributed by atoms with Gasteiger partial charge in [-0.15, -0.1) is 0 Å². The molecule has 0 aromatic heterocycles. The zero-order valence-corrected chi connectivity index (χ0v) is 12.4. The molecule has 0 saturated carbocycles. The number of hydrogen-bond donors (Lipinski definition) is 2. The van der Waals surface area contributed by atoms with Gasteiger partial charge in [0, 0.05) is 12.2 Å². The number of carbonyl (C=O) groups is 3. The Labute approximate surface area is 130 Å². The highest BCUT2D eigenvalue weighted by molar-refractivity contribution is 6.30. The normalized spacial score (nSPS) is 19.1. The van der Waals surface area contributed by atoms with Gasteiger partial charge in [0.25, 0.3) is 0 Å². The number of benzene rings is 1. The topological polar surface area (TPSA) is 86.7 Å². The van der Waals surface area contributed by atoms with Crippen molar-refractivity contribution in [3.63, 3.8) is 0 Å². The average molecular weight is 329 g/mol. The lowest BCUT2D eigenvalue weighted by molar-refractivity contribution is -0.146. The maximum absolute atomic E-state index is 13.5. The summed E-state index contributed by atoms with van der Waals surface area (Å²) in [5.74, 6) is -4.28. The molecule has 2 atom stereocenters. The number of nitrogens with one attached hydrogen (secondary N) is 1. The summed E-state index contributed by atoms with van der Waals surface area (Å²) in [6.45, 7) is 1.54. The molecule has 22 heavy (non-hydrogen) atoms. The lowest BCUT2D eigenvalue weighted by atomic mass is 10.1. The molecule has 118 valence electrons. The Kier molecular flexibility index (Phi) is 4.65. The zero-order chi connectivity index (χ0) is 16.4. The smallest absolute Gasteiger partial charge is 0.315 e. The third-order valence-electron chi connectivity index (χ3n) is 3.50. The van der Waals surface area contributed by atoms with Crippen molar-refractivity contribution in [3.8, 4) is 0 Å². The first kappa shape index (κ1) is 16.2. The highest BCUT2D eigenvalue weighted by Crippen LogP contribution is 2.25. The van der Waals surface area contributed by atoms with Crippen molar-refractivity contribution in [3.05, 3.63) is 29.0 Å². The van der Waals surface area contributed by atoms with Crippen molar-refractivity contribution in [2.24, 2.45) is 5.92 Å². The number of nitrogens with zero attached hydrogens (tertiary/aromatic N) is 1. The van der Waals surface area contributed by atoms with E-state index in [1.807, 2.05) is 0 Å². The highest BCUT2D eigenvalue weighted by atomic mass is 35.5. The lowest BCUT2D eigenvalue weighted by Crippen LogP contribution is -2.45. The number of carboxylic acid groups (broad SMARTS) is 1. The number of amides is 2. The molecule has 1 aromatic rings. The number of carboxylic acids is 1. The van der Waals surface area contributed by atoms with Crippen LogP contribution in [0.3, 0.4) is 0 Å². The Bertz CT molecular complexity index is 637. The summed E-state index contributed by atoms with van der Waals surface area (Å²) < 4.78 is 13.5. The molecule has 0 aliphatic carbocycles. The predicted octanol–water partition coefficient (Wildman–Crippen LogP) is 1.42. The Morgan fingerprint density at radius 2 is 2.18 bits per heavy atom. The average Bonchev–Trinajstić information content (AvgIpc) is 2.82. The minimum absolute atomic E-state index is 0.0458. The molecule has 1 aliphatic heterocycles. The summed E-state index contributed by atoms with van der Waals surface area (Å²) in [7, 11) is 0. The van der Waals surface area contributed by atoms with E-state index >= 15 is 0 Å². The standard InChI is InChI=1S/C14H14ClFN2O4/c1-7(14(21)22)12(19)17-11-4-5-18(13(11)20)8-2-3-9(15)10(16)6-8/h2-3,6-7,11H,4-5H2,1H3,(H,17,19)(H,21,22). The molecular formula is C14H14ClFN2O4. The summed E-state index contributed by atoms with van der Waals surface area (Å²) in [5, 5.41) is 11.1. The number of carbonyl (C=O) groups excluding carboxylic acids is 2. The number of halogens is 2. The molecule has 2 amide bonds. The van der Waals surface area contributed by atoms with Crippen molar-refractivity contribution in [2.45, 2.75) is 19.4 Å². The maximum atomic E-state index is 13.5. The number of anilines is 1. The van der Waals surface area contributed by atoms with Crippen molar-refractivity contribution >= 4 is 35.1 Å². The molecule has 6 nitrogen and oxygen atoms in total. The van der Waals surface area contributed by atoms with Crippen LogP contribution < -0.4 is 10.2 Å². The van der Waals surface area contributed by atoms with E-state index < -0.39 is 35.6 Å². The summed E-state index contributed by atoms with van der Waals surface area (Å²) in [5.41, 5.74) is 0.343. The van der Waals surface area contributed by atoms with E-state index in [0.29, 0.717) is 18.7 Å². The minimum Gasteiger partial charge on any atom is -0.481 e. The van der Waals surface area contributed by atoms with Crippen LogP contribution >= 0.6 is 11.6 Å². The van der Waals surface area contributed by atoms with E-state index in [1.54, 1.807) is 0 Å². The Balaban J connectivity index is 2.08. The second kappa shape index (κ2) is 6.31. The summed E-state index contributed by atoms with van der Waals surface area (Å²) in [4.78, 5) is 36.0. The van der Waals surface area contributed by atoms with Crippen LogP contribution in [0.15, 0.2) is 18.2 Å². The van der Waals surface area contributed by atoms with Crippen LogP contribution in [0.5, 0.6) is 0 Å². The van der Waals surface area contributed by atoms with Gasteiger partial charge in [0.1, 0.15) is 17.8 Å². The van der Waals surface area contributed by atoms with Gasteiger partial charge in [0.15, 0.2) is 0 Å². The molecule has 2 N–H and O–H groups in total. The van der Waals surface area contributed by atoms with Crippen molar-refractivity contribution in [2.75, 3.05) is 11.4 Å². The number of hydrogen-bond acceptors (Lipinski definition) is 3.